The van der Waals surface area contributed by atoms with Crippen LogP contribution in [-0.4, -0.2) is 37.0 Å². The average Bonchev–Trinajstić information content (AvgIpc) is 2.76. The summed E-state index contributed by atoms with van der Waals surface area (Å²) in [5.41, 5.74) is 3.74. The third-order valence-corrected chi connectivity index (χ3v) is 5.51. The van der Waals surface area contributed by atoms with Gasteiger partial charge in [0.1, 0.15) is 0 Å². The van der Waals surface area contributed by atoms with Gasteiger partial charge in [0, 0.05) is 44.0 Å². The van der Waals surface area contributed by atoms with Crippen molar-refractivity contribution in [2.75, 3.05) is 36.4 Å². The van der Waals surface area contributed by atoms with Gasteiger partial charge >= 0.3 is 0 Å². The molecule has 4 nitrogen and oxygen atoms in total. The number of hydrogen-bond acceptors (Lipinski definition) is 3. The molecule has 0 spiro atoms. The van der Waals surface area contributed by atoms with Gasteiger partial charge in [-0.05, 0) is 42.0 Å². The second kappa shape index (κ2) is 9.12. The molecule has 1 amide bonds. The van der Waals surface area contributed by atoms with Crippen molar-refractivity contribution in [3.05, 3.63) is 95.0 Å². The molecule has 29 heavy (non-hydrogen) atoms. The first-order chi connectivity index (χ1) is 14.2. The minimum atomic E-state index is -0.0819. The van der Waals surface area contributed by atoms with Crippen molar-refractivity contribution >= 4 is 28.9 Å². The SMILES string of the molecule is O=C(Nc1ccccc1)c1cccc(CN2CCN(c3ccccc3Cl)CC2)c1. The lowest BCUT2D eigenvalue weighted by atomic mass is 10.1. The number of halogens is 1. The second-order valence-corrected chi connectivity index (χ2v) is 7.64. The van der Waals surface area contributed by atoms with Crippen LogP contribution in [0.3, 0.4) is 0 Å². The van der Waals surface area contributed by atoms with E-state index in [-0.39, 0.29) is 5.91 Å². The molecule has 1 N–H and O–H groups in total. The van der Waals surface area contributed by atoms with Crippen molar-refractivity contribution in [2.24, 2.45) is 0 Å². The van der Waals surface area contributed by atoms with Crippen molar-refractivity contribution in [2.45, 2.75) is 6.54 Å². The molecule has 0 unspecified atom stereocenters. The first kappa shape index (κ1) is 19.5. The third-order valence-electron chi connectivity index (χ3n) is 5.19. The first-order valence-corrected chi connectivity index (χ1v) is 10.2. The lowest BCUT2D eigenvalue weighted by Gasteiger charge is -2.36. The summed E-state index contributed by atoms with van der Waals surface area (Å²) in [7, 11) is 0. The number of rotatable bonds is 5. The largest absolute Gasteiger partial charge is 0.368 e. The Hall–Kier alpha value is -2.82. The molecular formula is C24H24ClN3O. The predicted octanol–water partition coefficient (Wildman–Crippen LogP) is 4.91. The minimum absolute atomic E-state index is 0.0819. The third kappa shape index (κ3) is 4.97. The molecule has 3 aromatic carbocycles. The van der Waals surface area contributed by atoms with E-state index >= 15 is 0 Å². The van der Waals surface area contributed by atoms with Gasteiger partial charge in [-0.1, -0.05) is 54.1 Å². The lowest BCUT2D eigenvalue weighted by molar-refractivity contribution is 0.102. The number of nitrogens with one attached hydrogen (secondary N) is 1. The van der Waals surface area contributed by atoms with Gasteiger partial charge in [-0.3, -0.25) is 9.69 Å². The van der Waals surface area contributed by atoms with Crippen LogP contribution in [0.15, 0.2) is 78.9 Å². The van der Waals surface area contributed by atoms with Crippen LogP contribution in [0, 0.1) is 0 Å². The van der Waals surface area contributed by atoms with Crippen LogP contribution in [0.2, 0.25) is 5.02 Å². The summed E-state index contributed by atoms with van der Waals surface area (Å²) < 4.78 is 0. The molecule has 4 rings (SSSR count). The number of amides is 1. The Morgan fingerprint density at radius 2 is 1.59 bits per heavy atom. The molecule has 0 saturated carbocycles. The predicted molar refractivity (Wildman–Crippen MR) is 120 cm³/mol. The summed E-state index contributed by atoms with van der Waals surface area (Å²) in [6.45, 7) is 4.65. The number of nitrogens with zero attached hydrogens (tertiary/aromatic N) is 2. The molecule has 1 saturated heterocycles. The Labute approximate surface area is 176 Å². The fourth-order valence-corrected chi connectivity index (χ4v) is 3.90. The molecule has 1 heterocycles. The van der Waals surface area contributed by atoms with E-state index in [1.165, 1.54) is 0 Å². The number of benzene rings is 3. The maximum atomic E-state index is 12.5. The number of hydrogen-bond donors (Lipinski definition) is 1. The number of carbonyl (C=O) groups excluding carboxylic acids is 1. The van der Waals surface area contributed by atoms with Crippen molar-refractivity contribution in [3.8, 4) is 0 Å². The van der Waals surface area contributed by atoms with Gasteiger partial charge < -0.3 is 10.2 Å². The summed E-state index contributed by atoms with van der Waals surface area (Å²) in [5.74, 6) is -0.0819. The Kier molecular flexibility index (Phi) is 6.13. The normalized spacial score (nSPS) is 14.6. The van der Waals surface area contributed by atoms with Gasteiger partial charge in [0.2, 0.25) is 0 Å². The Morgan fingerprint density at radius 1 is 0.862 bits per heavy atom. The van der Waals surface area contributed by atoms with Crippen LogP contribution < -0.4 is 10.2 Å². The fraction of sp³-hybridized carbons (Fsp3) is 0.208. The zero-order chi connectivity index (χ0) is 20.1. The number of carbonyl (C=O) groups is 1. The number of para-hydroxylation sites is 2. The molecule has 0 atom stereocenters. The molecule has 1 fully saturated rings. The van der Waals surface area contributed by atoms with Gasteiger partial charge in [0.15, 0.2) is 0 Å². The lowest BCUT2D eigenvalue weighted by Crippen LogP contribution is -2.46. The Morgan fingerprint density at radius 3 is 2.34 bits per heavy atom. The summed E-state index contributed by atoms with van der Waals surface area (Å²) >= 11 is 6.34. The first-order valence-electron chi connectivity index (χ1n) is 9.86. The van der Waals surface area contributed by atoms with E-state index < -0.39 is 0 Å². The summed E-state index contributed by atoms with van der Waals surface area (Å²) in [6.07, 6.45) is 0. The van der Waals surface area contributed by atoms with Crippen molar-refractivity contribution in [1.29, 1.82) is 0 Å². The van der Waals surface area contributed by atoms with E-state index in [0.29, 0.717) is 5.56 Å². The average molecular weight is 406 g/mol. The van der Waals surface area contributed by atoms with E-state index in [4.69, 9.17) is 11.6 Å². The van der Waals surface area contributed by atoms with E-state index in [0.717, 1.165) is 54.7 Å². The molecule has 1 aliphatic rings. The highest BCUT2D eigenvalue weighted by molar-refractivity contribution is 6.33. The maximum Gasteiger partial charge on any atom is 0.255 e. The molecule has 3 aromatic rings. The molecule has 148 valence electrons. The smallest absolute Gasteiger partial charge is 0.255 e. The molecular weight excluding hydrogens is 382 g/mol. The minimum Gasteiger partial charge on any atom is -0.368 e. The molecule has 0 bridgehead atoms. The molecule has 1 aliphatic heterocycles. The summed E-state index contributed by atoms with van der Waals surface area (Å²) in [4.78, 5) is 17.3. The van der Waals surface area contributed by atoms with Gasteiger partial charge in [0.25, 0.3) is 5.91 Å². The van der Waals surface area contributed by atoms with Crippen LogP contribution in [0.5, 0.6) is 0 Å². The summed E-state index contributed by atoms with van der Waals surface area (Å²) in [5, 5.41) is 3.75. The molecule has 0 aromatic heterocycles. The number of piperazine rings is 1. The van der Waals surface area contributed by atoms with Crippen LogP contribution in [0.1, 0.15) is 15.9 Å². The highest BCUT2D eigenvalue weighted by Crippen LogP contribution is 2.26. The Balaban J connectivity index is 1.35. The van der Waals surface area contributed by atoms with Crippen molar-refractivity contribution in [1.82, 2.24) is 4.90 Å². The van der Waals surface area contributed by atoms with Crippen molar-refractivity contribution < 1.29 is 4.79 Å². The second-order valence-electron chi connectivity index (χ2n) is 7.24. The van der Waals surface area contributed by atoms with E-state index in [2.05, 4.69) is 27.2 Å². The van der Waals surface area contributed by atoms with Crippen LogP contribution >= 0.6 is 11.6 Å². The number of anilines is 2. The maximum absolute atomic E-state index is 12.5. The van der Waals surface area contributed by atoms with Gasteiger partial charge in [-0.25, -0.2) is 0 Å². The van der Waals surface area contributed by atoms with E-state index in [1.807, 2.05) is 66.7 Å². The molecule has 5 heteroatoms. The fourth-order valence-electron chi connectivity index (χ4n) is 3.65. The topological polar surface area (TPSA) is 35.6 Å². The zero-order valence-electron chi connectivity index (χ0n) is 16.2. The van der Waals surface area contributed by atoms with E-state index in [9.17, 15) is 4.79 Å². The van der Waals surface area contributed by atoms with E-state index in [1.54, 1.807) is 0 Å². The molecule has 0 radical (unpaired) electrons. The zero-order valence-corrected chi connectivity index (χ0v) is 17.0. The monoisotopic (exact) mass is 405 g/mol. The highest BCUT2D eigenvalue weighted by Gasteiger charge is 2.19. The molecule has 0 aliphatic carbocycles. The standard InChI is InChI=1S/C24H24ClN3O/c25-22-11-4-5-12-23(22)28-15-13-27(14-16-28)18-19-7-6-8-20(17-19)24(29)26-21-9-2-1-3-10-21/h1-12,17H,13-16,18H2,(H,26,29). The van der Waals surface area contributed by atoms with Crippen LogP contribution in [0.4, 0.5) is 11.4 Å². The van der Waals surface area contributed by atoms with Gasteiger partial charge in [0.05, 0.1) is 10.7 Å². The highest BCUT2D eigenvalue weighted by atomic mass is 35.5. The van der Waals surface area contributed by atoms with Gasteiger partial charge in [-0.2, -0.15) is 0 Å². The quantitative estimate of drug-likeness (QED) is 0.654. The van der Waals surface area contributed by atoms with Crippen molar-refractivity contribution in [3.63, 3.8) is 0 Å². The Bertz CT molecular complexity index is 969. The summed E-state index contributed by atoms with van der Waals surface area (Å²) in [6, 6.07) is 25.4. The van der Waals surface area contributed by atoms with Crippen LogP contribution in [0.25, 0.3) is 0 Å². The van der Waals surface area contributed by atoms with Gasteiger partial charge in [-0.15, -0.1) is 0 Å². The van der Waals surface area contributed by atoms with Crippen LogP contribution in [-0.2, 0) is 6.54 Å².